The molecular formula is C14H15N5O. The van der Waals surface area contributed by atoms with E-state index in [0.717, 1.165) is 10.4 Å². The highest BCUT2D eigenvalue weighted by molar-refractivity contribution is 5.76. The number of aromatic nitrogens is 1. The predicted octanol–water partition coefficient (Wildman–Crippen LogP) is 3.09. The topological polar surface area (TPSA) is 78.8 Å². The second-order valence-corrected chi connectivity index (χ2v) is 4.28. The van der Waals surface area contributed by atoms with Crippen LogP contribution in [0.25, 0.3) is 0 Å². The zero-order valence-electron chi connectivity index (χ0n) is 11.3. The van der Waals surface area contributed by atoms with Crippen LogP contribution in [0.15, 0.2) is 52.7 Å². The lowest BCUT2D eigenvalue weighted by Crippen LogP contribution is -2.29. The minimum absolute atomic E-state index is 0.255. The maximum atomic E-state index is 11.7. The van der Waals surface area contributed by atoms with E-state index >= 15 is 0 Å². The summed E-state index contributed by atoms with van der Waals surface area (Å²) in [4.78, 5) is 1.67. The maximum Gasteiger partial charge on any atom is 0.353 e. The fourth-order valence-electron chi connectivity index (χ4n) is 1.60. The highest BCUT2D eigenvalue weighted by Crippen LogP contribution is 2.20. The van der Waals surface area contributed by atoms with Gasteiger partial charge < -0.3 is 10.1 Å². The smallest absolute Gasteiger partial charge is 0.353 e. The summed E-state index contributed by atoms with van der Waals surface area (Å²) in [6.07, 6.45) is 1.23. The molecule has 2 aromatic rings. The van der Waals surface area contributed by atoms with E-state index in [-0.39, 0.29) is 5.82 Å². The average molecular weight is 269 g/mol. The lowest BCUT2D eigenvalue weighted by molar-refractivity contribution is -0.598. The summed E-state index contributed by atoms with van der Waals surface area (Å²) in [6.45, 7) is 1.72. The SMILES string of the molecule is Cc1cccc(/N=N/c2ccc(N(C)C=N)cc2)[n+]1[O-]. The van der Waals surface area contributed by atoms with Gasteiger partial charge in [-0.2, -0.15) is 0 Å². The number of anilines is 1. The van der Waals surface area contributed by atoms with Crippen molar-refractivity contribution >= 4 is 23.5 Å². The van der Waals surface area contributed by atoms with E-state index in [2.05, 4.69) is 10.2 Å². The van der Waals surface area contributed by atoms with Crippen molar-refractivity contribution in [3.05, 3.63) is 53.4 Å². The molecule has 6 heteroatoms. The number of nitrogens with one attached hydrogen (secondary N) is 1. The van der Waals surface area contributed by atoms with Gasteiger partial charge in [-0.1, -0.05) is 0 Å². The number of hydrogen-bond acceptors (Lipinski definition) is 4. The standard InChI is InChI=1S/C14H15N5O/c1-11-4-3-5-14(19(11)20)17-16-12-6-8-13(9-7-12)18(2)10-15/h3-10,15H,1-2H3/b15-10?,17-16+. The average Bonchev–Trinajstić information content (AvgIpc) is 2.48. The molecule has 20 heavy (non-hydrogen) atoms. The van der Waals surface area contributed by atoms with E-state index in [1.807, 2.05) is 12.1 Å². The van der Waals surface area contributed by atoms with E-state index in [1.54, 1.807) is 49.2 Å². The van der Waals surface area contributed by atoms with Gasteiger partial charge in [-0.25, -0.2) is 4.73 Å². The molecule has 1 aromatic heterocycles. The molecule has 0 aliphatic carbocycles. The number of hydrogen-bond donors (Lipinski definition) is 1. The summed E-state index contributed by atoms with van der Waals surface area (Å²) in [7, 11) is 1.79. The molecule has 0 radical (unpaired) electrons. The minimum Gasteiger partial charge on any atom is -0.710 e. The first-order valence-electron chi connectivity index (χ1n) is 6.06. The lowest BCUT2D eigenvalue weighted by Gasteiger charge is -2.11. The molecule has 2 rings (SSSR count). The van der Waals surface area contributed by atoms with Crippen LogP contribution in [-0.4, -0.2) is 13.4 Å². The molecule has 0 amide bonds. The van der Waals surface area contributed by atoms with Gasteiger partial charge in [-0.15, -0.1) is 0 Å². The maximum absolute atomic E-state index is 11.7. The zero-order chi connectivity index (χ0) is 14.5. The Labute approximate surface area is 117 Å². The number of pyridine rings is 1. The Morgan fingerprint density at radius 2 is 1.85 bits per heavy atom. The molecule has 1 aromatic carbocycles. The van der Waals surface area contributed by atoms with Crippen LogP contribution in [0.3, 0.4) is 0 Å². The Morgan fingerprint density at radius 3 is 2.50 bits per heavy atom. The Bertz CT molecular complexity index is 637. The molecule has 0 spiro atoms. The van der Waals surface area contributed by atoms with Gasteiger partial charge in [0.15, 0.2) is 0 Å². The van der Waals surface area contributed by atoms with Gasteiger partial charge in [-0.3, -0.25) is 5.41 Å². The molecule has 0 saturated carbocycles. The van der Waals surface area contributed by atoms with Gasteiger partial charge in [0.1, 0.15) is 11.4 Å². The summed E-state index contributed by atoms with van der Waals surface area (Å²) in [5.74, 6) is 0.255. The molecule has 0 fully saturated rings. The number of rotatable bonds is 4. The van der Waals surface area contributed by atoms with Crippen molar-refractivity contribution in [3.63, 3.8) is 0 Å². The highest BCUT2D eigenvalue weighted by Gasteiger charge is 2.05. The third-order valence-corrected chi connectivity index (χ3v) is 2.83. The van der Waals surface area contributed by atoms with Crippen LogP contribution in [0.5, 0.6) is 0 Å². The van der Waals surface area contributed by atoms with E-state index in [0.29, 0.717) is 11.4 Å². The molecule has 6 nitrogen and oxygen atoms in total. The first-order valence-corrected chi connectivity index (χ1v) is 6.06. The van der Waals surface area contributed by atoms with Crippen molar-refractivity contribution in [1.82, 2.24) is 0 Å². The lowest BCUT2D eigenvalue weighted by atomic mass is 10.3. The zero-order valence-corrected chi connectivity index (χ0v) is 11.3. The van der Waals surface area contributed by atoms with Crippen LogP contribution >= 0.6 is 0 Å². The quantitative estimate of drug-likeness (QED) is 0.304. The summed E-state index contributed by atoms with van der Waals surface area (Å²) in [6, 6.07) is 12.3. The molecular weight excluding hydrogens is 254 g/mol. The van der Waals surface area contributed by atoms with Crippen LogP contribution < -0.4 is 9.63 Å². The summed E-state index contributed by atoms with van der Waals surface area (Å²) >= 11 is 0. The van der Waals surface area contributed by atoms with Gasteiger partial charge in [0.05, 0.1) is 11.5 Å². The van der Waals surface area contributed by atoms with Crippen molar-refractivity contribution in [2.75, 3.05) is 11.9 Å². The summed E-state index contributed by atoms with van der Waals surface area (Å²) in [5.41, 5.74) is 2.10. The van der Waals surface area contributed by atoms with Gasteiger partial charge in [0.25, 0.3) is 0 Å². The fraction of sp³-hybridized carbons (Fsp3) is 0.143. The van der Waals surface area contributed by atoms with Crippen LogP contribution in [0.1, 0.15) is 5.69 Å². The largest absolute Gasteiger partial charge is 0.710 e. The monoisotopic (exact) mass is 269 g/mol. The van der Waals surface area contributed by atoms with Gasteiger partial charge in [-0.05, 0) is 48.4 Å². The van der Waals surface area contributed by atoms with Crippen molar-refractivity contribution in [2.45, 2.75) is 6.92 Å². The number of benzene rings is 1. The Kier molecular flexibility index (Phi) is 4.05. The Hall–Kier alpha value is -2.76. The highest BCUT2D eigenvalue weighted by atomic mass is 16.5. The van der Waals surface area contributed by atoms with Crippen molar-refractivity contribution in [3.8, 4) is 0 Å². The van der Waals surface area contributed by atoms with Crippen LogP contribution in [0.4, 0.5) is 17.2 Å². The summed E-state index contributed by atoms with van der Waals surface area (Å²) in [5, 5.41) is 26.8. The number of nitrogens with zero attached hydrogens (tertiary/aromatic N) is 4. The van der Waals surface area contributed by atoms with Gasteiger partial charge >= 0.3 is 5.82 Å². The molecule has 0 saturated heterocycles. The minimum atomic E-state index is 0.255. The normalized spacial score (nSPS) is 10.7. The van der Waals surface area contributed by atoms with Crippen molar-refractivity contribution in [2.24, 2.45) is 10.2 Å². The fourth-order valence-corrected chi connectivity index (χ4v) is 1.60. The first-order chi connectivity index (χ1) is 9.61. The Morgan fingerprint density at radius 1 is 1.15 bits per heavy atom. The summed E-state index contributed by atoms with van der Waals surface area (Å²) < 4.78 is 0.737. The molecule has 1 heterocycles. The molecule has 0 bridgehead atoms. The molecule has 0 aliphatic rings. The molecule has 1 N–H and O–H groups in total. The van der Waals surface area contributed by atoms with E-state index < -0.39 is 0 Å². The Balaban J connectivity index is 2.19. The number of aryl methyl sites for hydroxylation is 1. The van der Waals surface area contributed by atoms with E-state index in [1.165, 1.54) is 6.34 Å². The number of azo groups is 1. The third kappa shape index (κ3) is 2.97. The van der Waals surface area contributed by atoms with Crippen molar-refractivity contribution in [1.29, 1.82) is 5.41 Å². The predicted molar refractivity (Wildman–Crippen MR) is 77.9 cm³/mol. The van der Waals surface area contributed by atoms with E-state index in [4.69, 9.17) is 5.41 Å². The third-order valence-electron chi connectivity index (χ3n) is 2.83. The molecule has 0 unspecified atom stereocenters. The molecule has 102 valence electrons. The van der Waals surface area contributed by atoms with Crippen LogP contribution in [-0.2, 0) is 0 Å². The van der Waals surface area contributed by atoms with Gasteiger partial charge in [0.2, 0.25) is 0 Å². The second kappa shape index (κ2) is 5.92. The first kappa shape index (κ1) is 13.7. The van der Waals surface area contributed by atoms with Gasteiger partial charge in [0, 0.05) is 18.8 Å². The van der Waals surface area contributed by atoms with Crippen LogP contribution in [0, 0.1) is 17.5 Å². The van der Waals surface area contributed by atoms with Crippen LogP contribution in [0.2, 0.25) is 0 Å². The molecule has 0 atom stereocenters. The van der Waals surface area contributed by atoms with E-state index in [9.17, 15) is 5.21 Å². The van der Waals surface area contributed by atoms with Crippen molar-refractivity contribution < 1.29 is 4.73 Å². The molecule has 0 aliphatic heterocycles. The second-order valence-electron chi connectivity index (χ2n) is 4.28.